The van der Waals surface area contributed by atoms with E-state index >= 15 is 0 Å². The van der Waals surface area contributed by atoms with Gasteiger partial charge in [-0.15, -0.1) is 0 Å². The van der Waals surface area contributed by atoms with Gasteiger partial charge in [0.05, 0.1) is 0 Å². The first-order valence-electron chi connectivity index (χ1n) is 8.92. The van der Waals surface area contributed by atoms with Crippen molar-refractivity contribution in [2.45, 2.75) is 6.54 Å². The first-order valence-corrected chi connectivity index (χ1v) is 9.30. The lowest BCUT2D eigenvalue weighted by molar-refractivity contribution is 0.0951. The van der Waals surface area contributed by atoms with Gasteiger partial charge >= 0.3 is 0 Å². The van der Waals surface area contributed by atoms with Crippen LogP contribution >= 0.6 is 11.6 Å². The fourth-order valence-electron chi connectivity index (χ4n) is 3.00. The number of rotatable bonds is 5. The second kappa shape index (κ2) is 8.11. The van der Waals surface area contributed by atoms with Crippen molar-refractivity contribution >= 4 is 39.8 Å². The number of amides is 1. The minimum atomic E-state index is -0.124. The van der Waals surface area contributed by atoms with E-state index < -0.39 is 0 Å². The van der Waals surface area contributed by atoms with Crippen LogP contribution in [0.4, 0.5) is 11.5 Å². The molecule has 4 aromatic rings. The molecule has 4 rings (SSSR count). The molecule has 0 spiro atoms. The summed E-state index contributed by atoms with van der Waals surface area (Å²) in [6, 6.07) is 24.8. The molecule has 0 saturated carbocycles. The highest BCUT2D eigenvalue weighted by Crippen LogP contribution is 2.27. The van der Waals surface area contributed by atoms with E-state index in [1.807, 2.05) is 72.8 Å². The van der Waals surface area contributed by atoms with Crippen molar-refractivity contribution in [2.24, 2.45) is 0 Å². The van der Waals surface area contributed by atoms with Crippen LogP contribution in [0.2, 0.25) is 5.02 Å². The maximum atomic E-state index is 12.5. The summed E-state index contributed by atoms with van der Waals surface area (Å²) in [6.07, 6.45) is 1.75. The molecule has 0 fully saturated rings. The largest absolute Gasteiger partial charge is 0.348 e. The molecule has 2 N–H and O–H groups in total. The fourth-order valence-corrected chi connectivity index (χ4v) is 3.17. The monoisotopic (exact) mass is 387 g/mol. The van der Waals surface area contributed by atoms with Gasteiger partial charge in [-0.25, -0.2) is 4.98 Å². The highest BCUT2D eigenvalue weighted by atomic mass is 35.5. The molecule has 0 aliphatic carbocycles. The Bertz CT molecular complexity index is 1130. The second-order valence-corrected chi connectivity index (χ2v) is 6.84. The van der Waals surface area contributed by atoms with Crippen LogP contribution in [0.1, 0.15) is 15.9 Å². The Kier molecular flexibility index (Phi) is 5.22. The van der Waals surface area contributed by atoms with Gasteiger partial charge < -0.3 is 10.6 Å². The predicted molar refractivity (Wildman–Crippen MR) is 114 cm³/mol. The van der Waals surface area contributed by atoms with Gasteiger partial charge in [0.1, 0.15) is 5.82 Å². The minimum Gasteiger partial charge on any atom is -0.348 e. The van der Waals surface area contributed by atoms with Crippen LogP contribution in [0.5, 0.6) is 0 Å². The molecule has 0 bridgehead atoms. The number of pyridine rings is 1. The summed E-state index contributed by atoms with van der Waals surface area (Å²) >= 11 is 6.14. The molecule has 0 saturated heterocycles. The number of fused-ring (bicyclic) bond motifs is 1. The van der Waals surface area contributed by atoms with Crippen LogP contribution in [-0.4, -0.2) is 10.9 Å². The van der Waals surface area contributed by atoms with E-state index in [0.717, 1.165) is 22.0 Å². The van der Waals surface area contributed by atoms with E-state index in [4.69, 9.17) is 11.6 Å². The third-order valence-corrected chi connectivity index (χ3v) is 4.65. The summed E-state index contributed by atoms with van der Waals surface area (Å²) in [5, 5.41) is 8.85. The molecule has 0 unspecified atom stereocenters. The van der Waals surface area contributed by atoms with E-state index in [9.17, 15) is 4.79 Å². The summed E-state index contributed by atoms with van der Waals surface area (Å²) < 4.78 is 0. The number of nitrogens with zero attached hydrogens (tertiary/aromatic N) is 1. The molecule has 4 nitrogen and oxygen atoms in total. The SMILES string of the molecule is O=C(NCc1ccccc1)c1cccc(Nc2nccc3ccc(Cl)cc23)c1. The van der Waals surface area contributed by atoms with Crippen molar-refractivity contribution < 1.29 is 4.79 Å². The summed E-state index contributed by atoms with van der Waals surface area (Å²) in [5.74, 6) is 0.572. The Labute approximate surface area is 168 Å². The van der Waals surface area contributed by atoms with E-state index in [1.54, 1.807) is 12.3 Å². The Morgan fingerprint density at radius 3 is 2.64 bits per heavy atom. The van der Waals surface area contributed by atoms with Crippen LogP contribution in [0, 0.1) is 0 Å². The van der Waals surface area contributed by atoms with Crippen molar-refractivity contribution in [1.29, 1.82) is 0 Å². The molecule has 138 valence electrons. The average molecular weight is 388 g/mol. The maximum absolute atomic E-state index is 12.5. The van der Waals surface area contributed by atoms with Gasteiger partial charge in [-0.05, 0) is 47.3 Å². The first kappa shape index (κ1) is 18.0. The van der Waals surface area contributed by atoms with E-state index in [2.05, 4.69) is 15.6 Å². The summed E-state index contributed by atoms with van der Waals surface area (Å²) in [7, 11) is 0. The summed E-state index contributed by atoms with van der Waals surface area (Å²) in [4.78, 5) is 16.9. The molecule has 1 heterocycles. The molecule has 1 aromatic heterocycles. The Hall–Kier alpha value is -3.37. The molecule has 28 heavy (non-hydrogen) atoms. The molecular formula is C23H18ClN3O. The number of halogens is 1. The number of anilines is 2. The normalized spacial score (nSPS) is 10.6. The second-order valence-electron chi connectivity index (χ2n) is 6.40. The smallest absolute Gasteiger partial charge is 0.251 e. The predicted octanol–water partition coefficient (Wildman–Crippen LogP) is 5.56. The lowest BCUT2D eigenvalue weighted by atomic mass is 10.1. The Balaban J connectivity index is 1.53. The molecule has 1 amide bonds. The zero-order valence-corrected chi connectivity index (χ0v) is 15.8. The average Bonchev–Trinajstić information content (AvgIpc) is 2.73. The number of nitrogens with one attached hydrogen (secondary N) is 2. The van der Waals surface area contributed by atoms with Crippen LogP contribution in [0.3, 0.4) is 0 Å². The third-order valence-electron chi connectivity index (χ3n) is 4.41. The van der Waals surface area contributed by atoms with Crippen LogP contribution in [0.25, 0.3) is 10.8 Å². The van der Waals surface area contributed by atoms with Gasteiger partial charge in [-0.1, -0.05) is 54.1 Å². The summed E-state index contributed by atoms with van der Waals surface area (Å²) in [6.45, 7) is 0.487. The Morgan fingerprint density at radius 2 is 1.79 bits per heavy atom. The van der Waals surface area contributed by atoms with Gasteiger partial charge in [0.2, 0.25) is 0 Å². The molecule has 3 aromatic carbocycles. The standard InChI is InChI=1S/C23H18ClN3O/c24-19-10-9-17-11-12-25-22(21(17)14-19)27-20-8-4-7-18(13-20)23(28)26-15-16-5-2-1-3-6-16/h1-14H,15H2,(H,25,27)(H,26,28). The third kappa shape index (κ3) is 4.13. The molecule has 0 atom stereocenters. The zero-order chi connectivity index (χ0) is 19.3. The minimum absolute atomic E-state index is 0.124. The van der Waals surface area contributed by atoms with E-state index in [-0.39, 0.29) is 5.91 Å². The number of hydrogen-bond acceptors (Lipinski definition) is 3. The van der Waals surface area contributed by atoms with Gasteiger partial charge in [-0.3, -0.25) is 4.79 Å². The van der Waals surface area contributed by atoms with Crippen molar-refractivity contribution in [2.75, 3.05) is 5.32 Å². The summed E-state index contributed by atoms with van der Waals surface area (Å²) in [5.41, 5.74) is 2.42. The number of carbonyl (C=O) groups excluding carboxylic acids is 1. The molecule has 0 aliphatic heterocycles. The molecule has 0 aliphatic rings. The lowest BCUT2D eigenvalue weighted by Gasteiger charge is -2.11. The molecular weight excluding hydrogens is 370 g/mol. The topological polar surface area (TPSA) is 54.0 Å². The van der Waals surface area contributed by atoms with Crippen molar-refractivity contribution in [3.63, 3.8) is 0 Å². The highest BCUT2D eigenvalue weighted by molar-refractivity contribution is 6.31. The van der Waals surface area contributed by atoms with Gasteiger partial charge in [0, 0.05) is 34.4 Å². The first-order chi connectivity index (χ1) is 13.7. The lowest BCUT2D eigenvalue weighted by Crippen LogP contribution is -2.22. The Morgan fingerprint density at radius 1 is 0.929 bits per heavy atom. The van der Waals surface area contributed by atoms with Crippen molar-refractivity contribution in [3.8, 4) is 0 Å². The number of carbonyl (C=O) groups is 1. The quantitative estimate of drug-likeness (QED) is 0.471. The van der Waals surface area contributed by atoms with Crippen molar-refractivity contribution in [3.05, 3.63) is 101 Å². The van der Waals surface area contributed by atoms with Crippen LogP contribution < -0.4 is 10.6 Å². The number of benzene rings is 3. The van der Waals surface area contributed by atoms with Gasteiger partial charge in [-0.2, -0.15) is 0 Å². The fraction of sp³-hybridized carbons (Fsp3) is 0.0435. The van der Waals surface area contributed by atoms with Gasteiger partial charge in [0.15, 0.2) is 0 Å². The van der Waals surface area contributed by atoms with Crippen molar-refractivity contribution in [1.82, 2.24) is 10.3 Å². The molecule has 0 radical (unpaired) electrons. The number of hydrogen-bond donors (Lipinski definition) is 2. The highest BCUT2D eigenvalue weighted by Gasteiger charge is 2.08. The van der Waals surface area contributed by atoms with Crippen LogP contribution in [-0.2, 0) is 6.54 Å². The van der Waals surface area contributed by atoms with E-state index in [0.29, 0.717) is 22.9 Å². The zero-order valence-electron chi connectivity index (χ0n) is 15.0. The maximum Gasteiger partial charge on any atom is 0.251 e. The number of aromatic nitrogens is 1. The van der Waals surface area contributed by atoms with Gasteiger partial charge in [0.25, 0.3) is 5.91 Å². The van der Waals surface area contributed by atoms with Crippen LogP contribution in [0.15, 0.2) is 85.1 Å². The molecule has 5 heteroatoms. The van der Waals surface area contributed by atoms with E-state index in [1.165, 1.54) is 0 Å².